The molecule has 1 aliphatic rings. The summed E-state index contributed by atoms with van der Waals surface area (Å²) in [5.41, 5.74) is 6.70. The minimum absolute atomic E-state index is 0.382. The van der Waals surface area contributed by atoms with Gasteiger partial charge in [-0.05, 0) is 70.0 Å². The highest BCUT2D eigenvalue weighted by Crippen LogP contribution is 2.30. The maximum Gasteiger partial charge on any atom is 0.124 e. The molecule has 6 nitrogen and oxygen atoms in total. The fourth-order valence-electron chi connectivity index (χ4n) is 4.94. The Morgan fingerprint density at radius 2 is 1.84 bits per heavy atom. The van der Waals surface area contributed by atoms with E-state index >= 15 is 0 Å². The Hall–Kier alpha value is -3.12. The number of rotatable bonds is 5. The van der Waals surface area contributed by atoms with Gasteiger partial charge in [-0.15, -0.1) is 0 Å². The number of imidazole rings is 1. The number of nitrogens with zero attached hydrogens (tertiary/aromatic N) is 6. The molecule has 5 rings (SSSR count). The van der Waals surface area contributed by atoms with Crippen molar-refractivity contribution >= 4 is 11.0 Å². The Balaban J connectivity index is 1.40. The van der Waals surface area contributed by atoms with E-state index in [0.717, 1.165) is 54.2 Å². The first-order valence-corrected chi connectivity index (χ1v) is 11.5. The molecule has 0 radical (unpaired) electrons. The molecule has 0 amide bonds. The third kappa shape index (κ3) is 4.15. The van der Waals surface area contributed by atoms with Crippen LogP contribution in [-0.4, -0.2) is 42.5 Å². The van der Waals surface area contributed by atoms with Crippen LogP contribution >= 0.6 is 0 Å². The molecular formula is C26H30N6. The first-order chi connectivity index (χ1) is 15.6. The number of hydrogen-bond donors (Lipinski definition) is 0. The zero-order valence-electron chi connectivity index (χ0n) is 19.1. The molecule has 0 N–H and O–H groups in total. The summed E-state index contributed by atoms with van der Waals surface area (Å²) < 4.78 is 2.39. The normalized spacial score (nSPS) is 17.3. The third-order valence-corrected chi connectivity index (χ3v) is 6.34. The molecule has 1 aromatic carbocycles. The number of pyridine rings is 1. The lowest BCUT2D eigenvalue weighted by molar-refractivity contribution is 0.191. The summed E-state index contributed by atoms with van der Waals surface area (Å²) in [6.45, 7) is 9.52. The van der Waals surface area contributed by atoms with Crippen LogP contribution in [0.25, 0.3) is 22.2 Å². The van der Waals surface area contributed by atoms with E-state index in [-0.39, 0.29) is 0 Å². The van der Waals surface area contributed by atoms with E-state index in [1.54, 1.807) is 6.33 Å². The molecule has 1 atom stereocenters. The van der Waals surface area contributed by atoms with Gasteiger partial charge < -0.3 is 4.57 Å². The van der Waals surface area contributed by atoms with E-state index in [9.17, 15) is 0 Å². The summed E-state index contributed by atoms with van der Waals surface area (Å²) in [6, 6.07) is 13.2. The number of fused-ring (bicyclic) bond motifs is 1. The molecule has 0 unspecified atom stereocenters. The molecule has 6 heteroatoms. The van der Waals surface area contributed by atoms with Crippen molar-refractivity contribution in [2.24, 2.45) is 0 Å². The molecule has 1 fully saturated rings. The van der Waals surface area contributed by atoms with E-state index in [1.807, 2.05) is 12.4 Å². The molecular weight excluding hydrogens is 396 g/mol. The van der Waals surface area contributed by atoms with E-state index in [0.29, 0.717) is 12.0 Å². The lowest BCUT2D eigenvalue weighted by Crippen LogP contribution is -2.35. The van der Waals surface area contributed by atoms with Gasteiger partial charge in [0.2, 0.25) is 0 Å². The van der Waals surface area contributed by atoms with Crippen LogP contribution in [0.5, 0.6) is 0 Å². The van der Waals surface area contributed by atoms with Gasteiger partial charge in [0.15, 0.2) is 0 Å². The summed E-state index contributed by atoms with van der Waals surface area (Å²) in [5.74, 6) is 1.57. The number of hydrogen-bond acceptors (Lipinski definition) is 5. The second kappa shape index (κ2) is 8.79. The van der Waals surface area contributed by atoms with Gasteiger partial charge in [-0.1, -0.05) is 12.1 Å². The monoisotopic (exact) mass is 426 g/mol. The first kappa shape index (κ1) is 20.8. The molecule has 4 aromatic rings. The Bertz CT molecular complexity index is 1210. The van der Waals surface area contributed by atoms with E-state index in [4.69, 9.17) is 9.97 Å². The average Bonchev–Trinajstić information content (AvgIpc) is 3.17. The smallest absolute Gasteiger partial charge is 0.124 e. The minimum Gasteiger partial charge on any atom is -0.324 e. The lowest BCUT2D eigenvalue weighted by Gasteiger charge is -2.32. The van der Waals surface area contributed by atoms with Gasteiger partial charge >= 0.3 is 0 Å². The van der Waals surface area contributed by atoms with Crippen LogP contribution in [0.2, 0.25) is 0 Å². The fourth-order valence-corrected chi connectivity index (χ4v) is 4.94. The number of likely N-dealkylation sites (tertiary alicyclic amines) is 1. The highest BCUT2D eigenvalue weighted by atomic mass is 15.2. The topological polar surface area (TPSA) is 59.7 Å². The van der Waals surface area contributed by atoms with Crippen molar-refractivity contribution in [1.82, 2.24) is 29.4 Å². The Labute approximate surface area is 189 Å². The van der Waals surface area contributed by atoms with Crippen LogP contribution in [0, 0.1) is 6.92 Å². The van der Waals surface area contributed by atoms with Crippen LogP contribution in [0.3, 0.4) is 0 Å². The maximum absolute atomic E-state index is 4.99. The van der Waals surface area contributed by atoms with Crippen molar-refractivity contribution in [3.63, 3.8) is 0 Å². The largest absolute Gasteiger partial charge is 0.324 e. The Morgan fingerprint density at radius 3 is 2.66 bits per heavy atom. The van der Waals surface area contributed by atoms with Crippen molar-refractivity contribution in [3.05, 3.63) is 72.3 Å². The second-order valence-corrected chi connectivity index (χ2v) is 9.10. The number of piperidine rings is 1. The van der Waals surface area contributed by atoms with Crippen molar-refractivity contribution in [2.75, 3.05) is 13.1 Å². The summed E-state index contributed by atoms with van der Waals surface area (Å²) >= 11 is 0. The number of para-hydroxylation sites is 2. The van der Waals surface area contributed by atoms with Gasteiger partial charge in [0.25, 0.3) is 0 Å². The molecule has 4 heterocycles. The number of benzene rings is 1. The zero-order chi connectivity index (χ0) is 22.1. The van der Waals surface area contributed by atoms with Crippen LogP contribution in [0.1, 0.15) is 55.9 Å². The van der Waals surface area contributed by atoms with Gasteiger partial charge in [-0.3, -0.25) is 9.88 Å². The Morgan fingerprint density at radius 1 is 1.03 bits per heavy atom. The van der Waals surface area contributed by atoms with E-state index < -0.39 is 0 Å². The number of aromatic nitrogens is 5. The van der Waals surface area contributed by atoms with Gasteiger partial charge in [0.1, 0.15) is 12.2 Å². The second-order valence-electron chi connectivity index (χ2n) is 9.10. The predicted octanol–water partition coefficient (Wildman–Crippen LogP) is 5.16. The van der Waals surface area contributed by atoms with Crippen molar-refractivity contribution < 1.29 is 0 Å². The zero-order valence-corrected chi connectivity index (χ0v) is 19.1. The SMILES string of the molecule is Cc1cc(-c2cncnc2)cc([C@@H]2CCCN(Cc3nc4ccccc4n3C(C)C)C2)n1. The molecule has 1 saturated heterocycles. The third-order valence-electron chi connectivity index (χ3n) is 6.34. The molecule has 0 bridgehead atoms. The fraction of sp³-hybridized carbons (Fsp3) is 0.385. The Kier molecular flexibility index (Phi) is 5.70. The van der Waals surface area contributed by atoms with Gasteiger partial charge in [0.05, 0.1) is 17.6 Å². The molecule has 32 heavy (non-hydrogen) atoms. The van der Waals surface area contributed by atoms with Gasteiger partial charge in [-0.2, -0.15) is 0 Å². The molecule has 0 aliphatic carbocycles. The van der Waals surface area contributed by atoms with Crippen LogP contribution in [0.4, 0.5) is 0 Å². The van der Waals surface area contributed by atoms with Crippen LogP contribution in [-0.2, 0) is 6.54 Å². The highest BCUT2D eigenvalue weighted by Gasteiger charge is 2.25. The molecule has 0 saturated carbocycles. The quantitative estimate of drug-likeness (QED) is 0.441. The molecule has 1 aliphatic heterocycles. The first-order valence-electron chi connectivity index (χ1n) is 11.5. The standard InChI is InChI=1S/C26H30N6/c1-18(2)32-25-9-5-4-8-23(25)30-26(32)16-31-10-6-7-20(15-31)24-12-21(11-19(3)29-24)22-13-27-17-28-14-22/h4-5,8-9,11-14,17-18,20H,6-7,10,15-16H2,1-3H3/t20-/m1/s1. The van der Waals surface area contributed by atoms with E-state index in [1.165, 1.54) is 17.6 Å². The summed E-state index contributed by atoms with van der Waals surface area (Å²) in [6.07, 6.45) is 7.65. The van der Waals surface area contributed by atoms with Crippen molar-refractivity contribution in [2.45, 2.75) is 52.1 Å². The molecule has 3 aromatic heterocycles. The van der Waals surface area contributed by atoms with Crippen LogP contribution < -0.4 is 0 Å². The number of aryl methyl sites for hydroxylation is 1. The maximum atomic E-state index is 4.99. The van der Waals surface area contributed by atoms with E-state index in [2.05, 4.69) is 76.6 Å². The van der Waals surface area contributed by atoms with Gasteiger partial charge in [0, 0.05) is 47.8 Å². The molecule has 164 valence electrons. The summed E-state index contributed by atoms with van der Waals surface area (Å²) in [4.78, 5) is 20.8. The summed E-state index contributed by atoms with van der Waals surface area (Å²) in [7, 11) is 0. The predicted molar refractivity (Wildman–Crippen MR) is 127 cm³/mol. The lowest BCUT2D eigenvalue weighted by atomic mass is 9.92. The average molecular weight is 427 g/mol. The van der Waals surface area contributed by atoms with Crippen molar-refractivity contribution in [1.29, 1.82) is 0 Å². The molecule has 0 spiro atoms. The van der Waals surface area contributed by atoms with Crippen molar-refractivity contribution in [3.8, 4) is 11.1 Å². The summed E-state index contributed by atoms with van der Waals surface area (Å²) in [5, 5.41) is 0. The van der Waals surface area contributed by atoms with Crippen LogP contribution in [0.15, 0.2) is 55.1 Å². The van der Waals surface area contributed by atoms with Gasteiger partial charge in [-0.25, -0.2) is 15.0 Å². The minimum atomic E-state index is 0.382. The highest BCUT2D eigenvalue weighted by molar-refractivity contribution is 5.76.